The Hall–Kier alpha value is -1.68. The Labute approximate surface area is 112 Å². The average Bonchev–Trinajstić information content (AvgIpc) is 2.81. The van der Waals surface area contributed by atoms with E-state index >= 15 is 0 Å². The smallest absolute Gasteiger partial charge is 0.123 e. The summed E-state index contributed by atoms with van der Waals surface area (Å²) in [5, 5.41) is 7.87. The maximum atomic E-state index is 13.3. The molecule has 100 valence electrons. The highest BCUT2D eigenvalue weighted by atomic mass is 19.1. The van der Waals surface area contributed by atoms with E-state index in [-0.39, 0.29) is 5.82 Å². The van der Waals surface area contributed by atoms with E-state index in [2.05, 4.69) is 22.0 Å². The maximum Gasteiger partial charge on any atom is 0.123 e. The standard InChI is InChI=1S/C15H18FN3/c1-11-15(12-3-2-4-13(16)9-12)10-18-19(11)14-5-7-17-8-6-14/h2-4,9-10,14,17H,5-8H2,1H3. The number of hydrogen-bond donors (Lipinski definition) is 1. The zero-order valence-electron chi connectivity index (χ0n) is 11.1. The molecule has 1 fully saturated rings. The van der Waals surface area contributed by atoms with Crippen molar-refractivity contribution in [3.05, 3.63) is 42.0 Å². The highest BCUT2D eigenvalue weighted by Gasteiger charge is 2.19. The van der Waals surface area contributed by atoms with Crippen LogP contribution < -0.4 is 5.32 Å². The molecule has 1 aromatic heterocycles. The number of nitrogens with one attached hydrogen (secondary N) is 1. The van der Waals surface area contributed by atoms with Crippen molar-refractivity contribution < 1.29 is 4.39 Å². The van der Waals surface area contributed by atoms with Crippen molar-refractivity contribution in [2.75, 3.05) is 13.1 Å². The molecular weight excluding hydrogens is 241 g/mol. The molecule has 0 atom stereocenters. The summed E-state index contributed by atoms with van der Waals surface area (Å²) >= 11 is 0. The minimum absolute atomic E-state index is 0.202. The summed E-state index contributed by atoms with van der Waals surface area (Å²) in [7, 11) is 0. The van der Waals surface area contributed by atoms with Gasteiger partial charge in [-0.05, 0) is 50.6 Å². The van der Waals surface area contributed by atoms with Crippen LogP contribution in [0.15, 0.2) is 30.5 Å². The maximum absolute atomic E-state index is 13.3. The number of nitrogens with zero attached hydrogens (tertiary/aromatic N) is 2. The average molecular weight is 259 g/mol. The lowest BCUT2D eigenvalue weighted by Gasteiger charge is -2.24. The third-order valence-corrected chi connectivity index (χ3v) is 3.83. The van der Waals surface area contributed by atoms with E-state index in [1.54, 1.807) is 12.1 Å². The summed E-state index contributed by atoms with van der Waals surface area (Å²) in [6.07, 6.45) is 4.06. The molecule has 0 amide bonds. The van der Waals surface area contributed by atoms with Gasteiger partial charge in [0.15, 0.2) is 0 Å². The number of halogens is 1. The minimum Gasteiger partial charge on any atom is -0.317 e. The largest absolute Gasteiger partial charge is 0.317 e. The van der Waals surface area contributed by atoms with E-state index in [0.717, 1.165) is 42.8 Å². The molecule has 1 aliphatic rings. The van der Waals surface area contributed by atoms with E-state index < -0.39 is 0 Å². The van der Waals surface area contributed by atoms with Crippen molar-refractivity contribution in [2.45, 2.75) is 25.8 Å². The third-order valence-electron chi connectivity index (χ3n) is 3.83. The van der Waals surface area contributed by atoms with Crippen LogP contribution in [0, 0.1) is 12.7 Å². The summed E-state index contributed by atoms with van der Waals surface area (Å²) in [5.41, 5.74) is 3.05. The molecule has 0 aliphatic carbocycles. The van der Waals surface area contributed by atoms with Gasteiger partial charge in [-0.15, -0.1) is 0 Å². The van der Waals surface area contributed by atoms with Gasteiger partial charge < -0.3 is 5.32 Å². The first kappa shape index (κ1) is 12.4. The summed E-state index contributed by atoms with van der Waals surface area (Å²) in [6, 6.07) is 7.17. The Balaban J connectivity index is 1.94. The molecule has 1 aromatic carbocycles. The van der Waals surface area contributed by atoms with Gasteiger partial charge in [0, 0.05) is 11.3 Å². The predicted octanol–water partition coefficient (Wildman–Crippen LogP) is 2.92. The van der Waals surface area contributed by atoms with Crippen LogP contribution >= 0.6 is 0 Å². The van der Waals surface area contributed by atoms with E-state index in [0.29, 0.717) is 6.04 Å². The van der Waals surface area contributed by atoms with Crippen molar-refractivity contribution >= 4 is 0 Å². The van der Waals surface area contributed by atoms with E-state index in [1.165, 1.54) is 6.07 Å². The Kier molecular flexibility index (Phi) is 3.34. The second-order valence-electron chi connectivity index (χ2n) is 5.08. The lowest BCUT2D eigenvalue weighted by atomic mass is 10.0. The van der Waals surface area contributed by atoms with Gasteiger partial charge in [0.1, 0.15) is 5.82 Å². The predicted molar refractivity (Wildman–Crippen MR) is 73.5 cm³/mol. The Morgan fingerprint density at radius 3 is 2.84 bits per heavy atom. The van der Waals surface area contributed by atoms with Crippen molar-refractivity contribution in [1.82, 2.24) is 15.1 Å². The first-order valence-electron chi connectivity index (χ1n) is 6.76. The van der Waals surface area contributed by atoms with Crippen LogP contribution in [0.4, 0.5) is 4.39 Å². The molecule has 1 saturated heterocycles. The van der Waals surface area contributed by atoms with Gasteiger partial charge in [-0.25, -0.2) is 4.39 Å². The van der Waals surface area contributed by atoms with Gasteiger partial charge in [-0.3, -0.25) is 4.68 Å². The van der Waals surface area contributed by atoms with E-state index in [4.69, 9.17) is 0 Å². The van der Waals surface area contributed by atoms with Crippen LogP contribution in [-0.4, -0.2) is 22.9 Å². The van der Waals surface area contributed by atoms with Gasteiger partial charge in [-0.2, -0.15) is 5.10 Å². The first-order chi connectivity index (χ1) is 9.25. The van der Waals surface area contributed by atoms with Crippen molar-refractivity contribution in [1.29, 1.82) is 0 Å². The Bertz CT molecular complexity index is 571. The highest BCUT2D eigenvalue weighted by Crippen LogP contribution is 2.28. The van der Waals surface area contributed by atoms with E-state index in [1.807, 2.05) is 12.3 Å². The zero-order valence-corrected chi connectivity index (χ0v) is 11.1. The third kappa shape index (κ3) is 2.40. The summed E-state index contributed by atoms with van der Waals surface area (Å²) in [6.45, 7) is 4.15. The first-order valence-corrected chi connectivity index (χ1v) is 6.76. The molecule has 3 rings (SSSR count). The van der Waals surface area contributed by atoms with Crippen LogP contribution in [0.25, 0.3) is 11.1 Å². The van der Waals surface area contributed by atoms with Crippen LogP contribution in [0.5, 0.6) is 0 Å². The monoisotopic (exact) mass is 259 g/mol. The summed E-state index contributed by atoms with van der Waals surface area (Å²) in [5.74, 6) is -0.202. The van der Waals surface area contributed by atoms with Crippen molar-refractivity contribution in [3.63, 3.8) is 0 Å². The molecule has 3 nitrogen and oxygen atoms in total. The molecule has 4 heteroatoms. The van der Waals surface area contributed by atoms with Gasteiger partial charge in [-0.1, -0.05) is 12.1 Å². The van der Waals surface area contributed by atoms with Gasteiger partial charge in [0.05, 0.1) is 12.2 Å². The molecular formula is C15H18FN3. The highest BCUT2D eigenvalue weighted by molar-refractivity contribution is 5.65. The molecule has 1 N–H and O–H groups in total. The molecule has 0 radical (unpaired) electrons. The normalized spacial score (nSPS) is 16.7. The number of piperidine rings is 1. The van der Waals surface area contributed by atoms with Gasteiger partial charge >= 0.3 is 0 Å². The summed E-state index contributed by atoms with van der Waals surface area (Å²) in [4.78, 5) is 0. The van der Waals surface area contributed by atoms with Crippen LogP contribution in [0.3, 0.4) is 0 Å². The molecule has 0 spiro atoms. The number of rotatable bonds is 2. The molecule has 0 saturated carbocycles. The fourth-order valence-corrected chi connectivity index (χ4v) is 2.78. The minimum atomic E-state index is -0.202. The fourth-order valence-electron chi connectivity index (χ4n) is 2.78. The fraction of sp³-hybridized carbons (Fsp3) is 0.400. The van der Waals surface area contributed by atoms with Crippen LogP contribution in [-0.2, 0) is 0 Å². The molecule has 1 aliphatic heterocycles. The zero-order chi connectivity index (χ0) is 13.2. The second kappa shape index (κ2) is 5.13. The quantitative estimate of drug-likeness (QED) is 0.898. The Morgan fingerprint density at radius 1 is 1.32 bits per heavy atom. The van der Waals surface area contributed by atoms with E-state index in [9.17, 15) is 4.39 Å². The van der Waals surface area contributed by atoms with Gasteiger partial charge in [0.2, 0.25) is 0 Å². The number of benzene rings is 1. The molecule has 0 unspecified atom stereocenters. The Morgan fingerprint density at radius 2 is 2.11 bits per heavy atom. The summed E-state index contributed by atoms with van der Waals surface area (Å²) < 4.78 is 15.4. The van der Waals surface area contributed by atoms with Crippen molar-refractivity contribution in [3.8, 4) is 11.1 Å². The van der Waals surface area contributed by atoms with Crippen LogP contribution in [0.2, 0.25) is 0 Å². The lowest BCUT2D eigenvalue weighted by molar-refractivity contribution is 0.338. The number of hydrogen-bond acceptors (Lipinski definition) is 2. The van der Waals surface area contributed by atoms with Crippen LogP contribution in [0.1, 0.15) is 24.6 Å². The second-order valence-corrected chi connectivity index (χ2v) is 5.08. The van der Waals surface area contributed by atoms with Crippen molar-refractivity contribution in [2.24, 2.45) is 0 Å². The molecule has 2 heterocycles. The SMILES string of the molecule is Cc1c(-c2cccc(F)c2)cnn1C1CCNCC1. The lowest BCUT2D eigenvalue weighted by Crippen LogP contribution is -2.30. The van der Waals surface area contributed by atoms with Gasteiger partial charge in [0.25, 0.3) is 0 Å². The molecule has 0 bridgehead atoms. The number of aromatic nitrogens is 2. The molecule has 19 heavy (non-hydrogen) atoms. The topological polar surface area (TPSA) is 29.9 Å². The molecule has 2 aromatic rings.